The van der Waals surface area contributed by atoms with E-state index in [-0.39, 0.29) is 5.56 Å². The number of ether oxygens (including phenoxy) is 2. The zero-order valence-corrected chi connectivity index (χ0v) is 18.8. The molecule has 0 saturated heterocycles. The van der Waals surface area contributed by atoms with Crippen molar-refractivity contribution >= 4 is 16.5 Å². The SMILES string of the molecule is COc1ccccc1Cc1sc(NCc2ccc3c(c2)CCO3)nc1-c1ccc(F)cc1F. The highest BCUT2D eigenvalue weighted by Crippen LogP contribution is 2.36. The van der Waals surface area contributed by atoms with Crippen LogP contribution >= 0.6 is 11.3 Å². The minimum Gasteiger partial charge on any atom is -0.496 e. The Morgan fingerprint density at radius 3 is 2.82 bits per heavy atom. The van der Waals surface area contributed by atoms with Crippen molar-refractivity contribution in [3.05, 3.63) is 93.9 Å². The molecule has 2 heterocycles. The molecule has 4 aromatic rings. The van der Waals surface area contributed by atoms with Crippen molar-refractivity contribution in [2.75, 3.05) is 19.0 Å². The third kappa shape index (κ3) is 4.54. The molecule has 0 atom stereocenters. The number of nitrogens with zero attached hydrogens (tertiary/aromatic N) is 1. The first-order chi connectivity index (χ1) is 16.1. The van der Waals surface area contributed by atoms with Crippen LogP contribution in [0.1, 0.15) is 21.6 Å². The number of para-hydroxylation sites is 1. The molecule has 1 aliphatic heterocycles. The Labute approximate surface area is 194 Å². The Bertz CT molecular complexity index is 1310. The van der Waals surface area contributed by atoms with E-state index in [9.17, 15) is 8.78 Å². The van der Waals surface area contributed by atoms with Gasteiger partial charge in [0.1, 0.15) is 23.1 Å². The molecule has 0 unspecified atom stereocenters. The average Bonchev–Trinajstić information content (AvgIpc) is 3.44. The van der Waals surface area contributed by atoms with Gasteiger partial charge >= 0.3 is 0 Å². The Kier molecular flexibility index (Phi) is 5.96. The van der Waals surface area contributed by atoms with Gasteiger partial charge in [-0.3, -0.25) is 0 Å². The molecule has 168 valence electrons. The lowest BCUT2D eigenvalue weighted by molar-refractivity contribution is 0.357. The predicted octanol–water partition coefficient (Wildman–Crippen LogP) is 6.23. The number of aromatic nitrogens is 1. The molecule has 1 N–H and O–H groups in total. The van der Waals surface area contributed by atoms with Crippen LogP contribution in [0.5, 0.6) is 11.5 Å². The summed E-state index contributed by atoms with van der Waals surface area (Å²) >= 11 is 1.46. The summed E-state index contributed by atoms with van der Waals surface area (Å²) in [7, 11) is 1.63. The summed E-state index contributed by atoms with van der Waals surface area (Å²) in [6.07, 6.45) is 1.43. The van der Waals surface area contributed by atoms with E-state index in [2.05, 4.69) is 16.4 Å². The summed E-state index contributed by atoms with van der Waals surface area (Å²) in [6.45, 7) is 1.30. The maximum atomic E-state index is 14.7. The third-order valence-electron chi connectivity index (χ3n) is 5.62. The summed E-state index contributed by atoms with van der Waals surface area (Å²) in [6, 6.07) is 17.5. The van der Waals surface area contributed by atoms with E-state index in [0.29, 0.717) is 23.8 Å². The van der Waals surface area contributed by atoms with Crippen molar-refractivity contribution in [1.29, 1.82) is 0 Å². The van der Waals surface area contributed by atoms with E-state index in [1.807, 2.05) is 36.4 Å². The fourth-order valence-corrected chi connectivity index (χ4v) is 4.98. The highest BCUT2D eigenvalue weighted by Gasteiger charge is 2.19. The number of hydrogen-bond donors (Lipinski definition) is 1. The smallest absolute Gasteiger partial charge is 0.183 e. The van der Waals surface area contributed by atoms with E-state index >= 15 is 0 Å². The molecule has 0 amide bonds. The van der Waals surface area contributed by atoms with Gasteiger partial charge in [-0.25, -0.2) is 13.8 Å². The lowest BCUT2D eigenvalue weighted by Gasteiger charge is -2.08. The van der Waals surface area contributed by atoms with Gasteiger partial charge in [0.05, 0.1) is 19.4 Å². The van der Waals surface area contributed by atoms with E-state index in [4.69, 9.17) is 9.47 Å². The molecule has 0 aliphatic carbocycles. The van der Waals surface area contributed by atoms with Crippen LogP contribution in [0.3, 0.4) is 0 Å². The Morgan fingerprint density at radius 1 is 1.09 bits per heavy atom. The summed E-state index contributed by atoms with van der Waals surface area (Å²) in [5, 5.41) is 4.04. The standard InChI is InChI=1S/C26H22F2N2O2S/c1-31-22-5-3-2-4-17(22)13-24-25(20-8-7-19(27)14-21(20)28)30-26(33-24)29-15-16-6-9-23-18(12-16)10-11-32-23/h2-9,12,14H,10-11,13,15H2,1H3,(H,29,30). The monoisotopic (exact) mass is 464 g/mol. The Morgan fingerprint density at radius 2 is 1.97 bits per heavy atom. The fourth-order valence-electron chi connectivity index (χ4n) is 3.99. The van der Waals surface area contributed by atoms with E-state index in [1.54, 1.807) is 7.11 Å². The largest absolute Gasteiger partial charge is 0.496 e. The van der Waals surface area contributed by atoms with Crippen LogP contribution in [-0.4, -0.2) is 18.7 Å². The summed E-state index contributed by atoms with van der Waals surface area (Å²) < 4.78 is 39.2. The second kappa shape index (κ2) is 9.19. The number of hydrogen-bond acceptors (Lipinski definition) is 5. The molecule has 1 aromatic heterocycles. The van der Waals surface area contributed by atoms with Crippen LogP contribution in [0.25, 0.3) is 11.3 Å². The van der Waals surface area contributed by atoms with Gasteiger partial charge in [0, 0.05) is 35.9 Å². The normalized spacial score (nSPS) is 12.3. The van der Waals surface area contributed by atoms with Crippen molar-refractivity contribution in [2.24, 2.45) is 0 Å². The molecule has 0 radical (unpaired) electrons. The third-order valence-corrected chi connectivity index (χ3v) is 6.64. The first-order valence-electron chi connectivity index (χ1n) is 10.7. The second-order valence-corrected chi connectivity index (χ2v) is 8.88. The fraction of sp³-hybridized carbons (Fsp3) is 0.192. The zero-order valence-electron chi connectivity index (χ0n) is 18.0. The van der Waals surface area contributed by atoms with E-state index < -0.39 is 11.6 Å². The molecule has 0 fully saturated rings. The summed E-state index contributed by atoms with van der Waals surface area (Å²) in [5.41, 5.74) is 4.08. The van der Waals surface area contributed by atoms with Gasteiger partial charge in [-0.15, -0.1) is 11.3 Å². The van der Waals surface area contributed by atoms with Gasteiger partial charge in [-0.2, -0.15) is 0 Å². The maximum absolute atomic E-state index is 14.7. The number of halogens is 2. The summed E-state index contributed by atoms with van der Waals surface area (Å²) in [5.74, 6) is 0.455. The van der Waals surface area contributed by atoms with Gasteiger partial charge in [0.25, 0.3) is 0 Å². The Balaban J connectivity index is 1.46. The molecule has 0 bridgehead atoms. The lowest BCUT2D eigenvalue weighted by atomic mass is 10.0. The molecule has 7 heteroatoms. The molecule has 5 rings (SSSR count). The van der Waals surface area contributed by atoms with Crippen LogP contribution in [0.4, 0.5) is 13.9 Å². The van der Waals surface area contributed by atoms with E-state index in [0.717, 1.165) is 46.6 Å². The minimum atomic E-state index is -0.633. The number of fused-ring (bicyclic) bond motifs is 1. The quantitative estimate of drug-likeness (QED) is 0.352. The van der Waals surface area contributed by atoms with Gasteiger partial charge < -0.3 is 14.8 Å². The second-order valence-electron chi connectivity index (χ2n) is 7.80. The molecule has 0 spiro atoms. The molecular formula is C26H22F2N2O2S. The van der Waals surface area contributed by atoms with Crippen LogP contribution in [0, 0.1) is 11.6 Å². The first-order valence-corrected chi connectivity index (χ1v) is 11.5. The van der Waals surface area contributed by atoms with Crippen molar-refractivity contribution in [3.63, 3.8) is 0 Å². The number of methoxy groups -OCH3 is 1. The molecule has 3 aromatic carbocycles. The van der Waals surface area contributed by atoms with Gasteiger partial charge in [0.15, 0.2) is 5.13 Å². The lowest BCUT2D eigenvalue weighted by Crippen LogP contribution is -1.99. The molecular weight excluding hydrogens is 442 g/mol. The number of thiazole rings is 1. The van der Waals surface area contributed by atoms with Crippen LogP contribution in [0.15, 0.2) is 60.7 Å². The molecule has 33 heavy (non-hydrogen) atoms. The zero-order chi connectivity index (χ0) is 22.8. The van der Waals surface area contributed by atoms with Gasteiger partial charge in [-0.05, 0) is 41.0 Å². The van der Waals surface area contributed by atoms with Crippen molar-refractivity contribution in [2.45, 2.75) is 19.4 Å². The topological polar surface area (TPSA) is 43.4 Å². The van der Waals surface area contributed by atoms with Crippen LogP contribution < -0.4 is 14.8 Å². The highest BCUT2D eigenvalue weighted by atomic mass is 32.1. The number of anilines is 1. The number of rotatable bonds is 7. The van der Waals surface area contributed by atoms with Crippen molar-refractivity contribution in [3.8, 4) is 22.8 Å². The first kappa shape index (κ1) is 21.4. The minimum absolute atomic E-state index is 0.278. The number of benzene rings is 3. The predicted molar refractivity (Wildman–Crippen MR) is 126 cm³/mol. The average molecular weight is 465 g/mol. The molecule has 4 nitrogen and oxygen atoms in total. The van der Waals surface area contributed by atoms with Crippen molar-refractivity contribution < 1.29 is 18.3 Å². The van der Waals surface area contributed by atoms with Gasteiger partial charge in [-0.1, -0.05) is 30.3 Å². The highest BCUT2D eigenvalue weighted by molar-refractivity contribution is 7.16. The Hall–Kier alpha value is -3.45. The molecule has 1 aliphatic rings. The van der Waals surface area contributed by atoms with Gasteiger partial charge in [0.2, 0.25) is 0 Å². The van der Waals surface area contributed by atoms with E-state index in [1.165, 1.54) is 29.0 Å². The maximum Gasteiger partial charge on any atom is 0.183 e. The van der Waals surface area contributed by atoms with Crippen LogP contribution in [0.2, 0.25) is 0 Å². The summed E-state index contributed by atoms with van der Waals surface area (Å²) in [4.78, 5) is 5.56. The molecule has 0 saturated carbocycles. The van der Waals surface area contributed by atoms with Crippen LogP contribution in [-0.2, 0) is 19.4 Å². The van der Waals surface area contributed by atoms with Crippen molar-refractivity contribution in [1.82, 2.24) is 4.98 Å². The number of nitrogens with one attached hydrogen (secondary N) is 1.